The molecule has 0 N–H and O–H groups in total. The quantitative estimate of drug-likeness (QED) is 0.172. The van der Waals surface area contributed by atoms with Crippen LogP contribution in [0.3, 0.4) is 0 Å². The Morgan fingerprint density at radius 3 is 1.93 bits per heavy atom. The molecule has 0 saturated heterocycles. The van der Waals surface area contributed by atoms with Crippen LogP contribution in [0, 0.1) is 0 Å². The molecule has 0 fully saturated rings. The monoisotopic (exact) mass is 717 g/mol. The van der Waals surface area contributed by atoms with Gasteiger partial charge >= 0.3 is 0 Å². The molecule has 1 unspecified atom stereocenters. The van der Waals surface area contributed by atoms with E-state index in [1.54, 1.807) is 0 Å². The number of furan rings is 1. The Morgan fingerprint density at radius 2 is 1.12 bits per heavy atom. The third-order valence-electron chi connectivity index (χ3n) is 11.2. The molecule has 3 heterocycles. The molecule has 0 spiro atoms. The van der Waals surface area contributed by atoms with Crippen molar-refractivity contribution < 1.29 is 4.42 Å². The van der Waals surface area contributed by atoms with Crippen LogP contribution in [0.4, 0.5) is 0 Å². The van der Waals surface area contributed by atoms with Gasteiger partial charge in [0, 0.05) is 44.3 Å². The number of hydrogen-bond donors (Lipinski definition) is 0. The Kier molecular flexibility index (Phi) is 7.59. The Balaban J connectivity index is 1.09. The molecule has 0 amide bonds. The normalized spacial score (nSPS) is 13.8. The van der Waals surface area contributed by atoms with Crippen LogP contribution in [-0.4, -0.2) is 14.5 Å². The van der Waals surface area contributed by atoms with E-state index in [1.165, 1.54) is 27.5 Å². The third kappa shape index (κ3) is 5.38. The molecule has 1 aliphatic carbocycles. The topological polar surface area (TPSA) is 43.9 Å². The Hall–Kier alpha value is -7.30. The Labute approximate surface area is 324 Å². The molecule has 7 aromatic carbocycles. The van der Waals surface area contributed by atoms with E-state index in [-0.39, 0.29) is 5.92 Å². The minimum Gasteiger partial charge on any atom is -0.458 e. The van der Waals surface area contributed by atoms with Gasteiger partial charge in [0.1, 0.15) is 5.76 Å². The first-order valence-corrected chi connectivity index (χ1v) is 19.2. The largest absolute Gasteiger partial charge is 0.458 e. The summed E-state index contributed by atoms with van der Waals surface area (Å²) in [4.78, 5) is 10.2. The van der Waals surface area contributed by atoms with E-state index in [2.05, 4.69) is 174 Å². The maximum atomic E-state index is 7.11. The molecule has 4 heteroatoms. The number of rotatable bonds is 6. The zero-order chi connectivity index (χ0) is 37.0. The summed E-state index contributed by atoms with van der Waals surface area (Å²) < 4.78 is 9.48. The summed E-state index contributed by atoms with van der Waals surface area (Å²) >= 11 is 0. The second-order valence-corrected chi connectivity index (χ2v) is 14.5. The Bertz CT molecular complexity index is 3050. The number of hydrogen-bond acceptors (Lipinski definition) is 3. The minimum atomic E-state index is 0.110. The fourth-order valence-electron chi connectivity index (χ4n) is 8.49. The van der Waals surface area contributed by atoms with Gasteiger partial charge in [-0.25, -0.2) is 9.97 Å². The predicted molar refractivity (Wildman–Crippen MR) is 230 cm³/mol. The molecule has 1 atom stereocenters. The summed E-state index contributed by atoms with van der Waals surface area (Å²) in [5.74, 6) is 1.83. The average Bonchev–Trinajstić information content (AvgIpc) is 3.83. The maximum absolute atomic E-state index is 7.11. The lowest BCUT2D eigenvalue weighted by Gasteiger charge is -2.18. The highest BCUT2D eigenvalue weighted by Gasteiger charge is 2.27. The van der Waals surface area contributed by atoms with Crippen molar-refractivity contribution in [3.63, 3.8) is 0 Å². The van der Waals surface area contributed by atoms with Crippen LogP contribution < -0.4 is 0 Å². The molecule has 4 nitrogen and oxygen atoms in total. The average molecular weight is 718 g/mol. The van der Waals surface area contributed by atoms with Crippen LogP contribution in [0.25, 0.3) is 89.6 Å². The van der Waals surface area contributed by atoms with Gasteiger partial charge in [0.2, 0.25) is 0 Å². The summed E-state index contributed by atoms with van der Waals surface area (Å²) in [6.07, 6.45) is 5.43. The van der Waals surface area contributed by atoms with Crippen LogP contribution >= 0.6 is 0 Å². The van der Waals surface area contributed by atoms with Crippen molar-refractivity contribution in [3.8, 4) is 50.7 Å². The molecular formula is C52H35N3O. The summed E-state index contributed by atoms with van der Waals surface area (Å²) in [6, 6.07) is 64.1. The standard InChI is InChI=1S/C52H35N3O/c1-4-15-34(16-5-1)37-21-12-22-38(31-37)40-24-13-25-43-44-26-14-28-48(51(44)56-50(40)43)55-47-27-11-10-23-41(47)42-30-29-39(32-49(42)55)46-33-45(35-17-6-2-7-18-35)53-52(54-46)36-19-8-3-9-20-36/h1-23,25-33,40H,24H2. The highest BCUT2D eigenvalue weighted by molar-refractivity contribution is 6.11. The van der Waals surface area contributed by atoms with E-state index in [0.29, 0.717) is 5.82 Å². The third-order valence-corrected chi connectivity index (χ3v) is 11.2. The lowest BCUT2D eigenvalue weighted by molar-refractivity contribution is 0.516. The minimum absolute atomic E-state index is 0.110. The fraction of sp³-hybridized carbons (Fsp3) is 0.0385. The number of fused-ring (bicyclic) bond motifs is 6. The number of aromatic nitrogens is 3. The van der Waals surface area contributed by atoms with Crippen molar-refractivity contribution in [2.24, 2.45) is 0 Å². The summed E-state index contributed by atoms with van der Waals surface area (Å²) in [6.45, 7) is 0. The van der Waals surface area contributed by atoms with Gasteiger partial charge in [0.15, 0.2) is 11.4 Å². The van der Waals surface area contributed by atoms with Gasteiger partial charge in [-0.3, -0.25) is 0 Å². The smallest absolute Gasteiger partial charge is 0.160 e. The molecule has 264 valence electrons. The van der Waals surface area contributed by atoms with E-state index >= 15 is 0 Å². The van der Waals surface area contributed by atoms with E-state index in [4.69, 9.17) is 14.4 Å². The van der Waals surface area contributed by atoms with Gasteiger partial charge in [0.25, 0.3) is 0 Å². The molecule has 0 bridgehead atoms. The van der Waals surface area contributed by atoms with Crippen molar-refractivity contribution in [1.82, 2.24) is 14.5 Å². The van der Waals surface area contributed by atoms with Crippen LogP contribution in [0.2, 0.25) is 0 Å². The number of allylic oxidation sites excluding steroid dienone is 1. The summed E-state index contributed by atoms with van der Waals surface area (Å²) in [7, 11) is 0. The first-order valence-electron chi connectivity index (χ1n) is 19.2. The first-order chi connectivity index (χ1) is 27.8. The SMILES string of the molecule is C1=Cc2c(oc3c(-n4c5ccccc5c5ccc(-c6cc(-c7ccccc7)nc(-c7ccccc7)n6)cc54)cccc23)C(c2cccc(-c3ccccc3)c2)C1. The number of para-hydroxylation sites is 2. The van der Waals surface area contributed by atoms with Crippen molar-refractivity contribution in [2.45, 2.75) is 12.3 Å². The van der Waals surface area contributed by atoms with Gasteiger partial charge in [-0.1, -0.05) is 170 Å². The van der Waals surface area contributed by atoms with Crippen molar-refractivity contribution in [2.75, 3.05) is 0 Å². The van der Waals surface area contributed by atoms with E-state index in [9.17, 15) is 0 Å². The van der Waals surface area contributed by atoms with Crippen LogP contribution in [0.15, 0.2) is 192 Å². The van der Waals surface area contributed by atoms with Crippen LogP contribution in [-0.2, 0) is 0 Å². The zero-order valence-electron chi connectivity index (χ0n) is 30.5. The molecule has 3 aromatic heterocycles. The lowest BCUT2D eigenvalue weighted by Crippen LogP contribution is -2.03. The number of benzene rings is 7. The first kappa shape index (κ1) is 32.2. The Morgan fingerprint density at radius 1 is 0.482 bits per heavy atom. The van der Waals surface area contributed by atoms with Crippen molar-refractivity contribution >= 4 is 38.9 Å². The summed E-state index contributed by atoms with van der Waals surface area (Å²) in [5.41, 5.74) is 13.8. The van der Waals surface area contributed by atoms with E-state index in [1.807, 2.05) is 24.3 Å². The maximum Gasteiger partial charge on any atom is 0.160 e. The number of nitrogens with zero attached hydrogens (tertiary/aromatic N) is 3. The molecule has 11 rings (SSSR count). The zero-order valence-corrected chi connectivity index (χ0v) is 30.5. The fourth-order valence-corrected chi connectivity index (χ4v) is 8.49. The molecule has 10 aromatic rings. The van der Waals surface area contributed by atoms with Gasteiger partial charge in [-0.15, -0.1) is 0 Å². The second kappa shape index (κ2) is 13.2. The van der Waals surface area contributed by atoms with Gasteiger partial charge in [-0.2, -0.15) is 0 Å². The van der Waals surface area contributed by atoms with Gasteiger partial charge in [-0.05, 0) is 47.4 Å². The lowest BCUT2D eigenvalue weighted by atomic mass is 9.85. The molecule has 56 heavy (non-hydrogen) atoms. The van der Waals surface area contributed by atoms with Gasteiger partial charge in [0.05, 0.1) is 28.1 Å². The van der Waals surface area contributed by atoms with E-state index in [0.717, 1.165) is 73.5 Å². The second-order valence-electron chi connectivity index (χ2n) is 14.5. The molecule has 0 radical (unpaired) electrons. The highest BCUT2D eigenvalue weighted by Crippen LogP contribution is 2.44. The molecule has 0 saturated carbocycles. The van der Waals surface area contributed by atoms with Gasteiger partial charge < -0.3 is 8.98 Å². The summed E-state index contributed by atoms with van der Waals surface area (Å²) in [5, 5.41) is 3.49. The van der Waals surface area contributed by atoms with Crippen LogP contribution in [0.1, 0.15) is 29.2 Å². The molecule has 1 aliphatic rings. The molecule has 0 aliphatic heterocycles. The van der Waals surface area contributed by atoms with Crippen LogP contribution in [0.5, 0.6) is 0 Å². The van der Waals surface area contributed by atoms with Crippen molar-refractivity contribution in [3.05, 3.63) is 205 Å². The predicted octanol–water partition coefficient (Wildman–Crippen LogP) is 13.5. The van der Waals surface area contributed by atoms with Crippen molar-refractivity contribution in [1.29, 1.82) is 0 Å². The van der Waals surface area contributed by atoms with E-state index < -0.39 is 0 Å². The molecular weight excluding hydrogens is 683 g/mol. The highest BCUT2D eigenvalue weighted by atomic mass is 16.3.